The standard InChI is InChI=1S/C19H22N2O3/c1-2-24-17-11-7-6-10-16(17)19(23)21(13-12-18(20)22)14-15-8-4-3-5-9-15/h3-11H,2,12-14H2,1H3,(H2,20,22). The Bertz CT molecular complexity index is 686. The van der Waals surface area contributed by atoms with E-state index in [0.29, 0.717) is 24.5 Å². The van der Waals surface area contributed by atoms with Crippen LogP contribution >= 0.6 is 0 Å². The third-order valence-corrected chi connectivity index (χ3v) is 3.55. The second kappa shape index (κ2) is 8.72. The number of para-hydroxylation sites is 1. The van der Waals surface area contributed by atoms with Crippen molar-refractivity contribution in [1.29, 1.82) is 0 Å². The number of primary amides is 1. The third kappa shape index (κ3) is 4.84. The Labute approximate surface area is 142 Å². The molecule has 0 saturated carbocycles. The monoisotopic (exact) mass is 326 g/mol. The van der Waals surface area contributed by atoms with Gasteiger partial charge in [-0.25, -0.2) is 0 Å². The van der Waals surface area contributed by atoms with Crippen LogP contribution < -0.4 is 10.5 Å². The minimum absolute atomic E-state index is 0.120. The first-order valence-corrected chi connectivity index (χ1v) is 7.95. The van der Waals surface area contributed by atoms with Crippen LogP contribution in [0.15, 0.2) is 54.6 Å². The van der Waals surface area contributed by atoms with Gasteiger partial charge in [-0.3, -0.25) is 9.59 Å². The van der Waals surface area contributed by atoms with Gasteiger partial charge in [0.05, 0.1) is 12.2 Å². The highest BCUT2D eigenvalue weighted by molar-refractivity contribution is 5.97. The average Bonchev–Trinajstić information content (AvgIpc) is 2.59. The Morgan fingerprint density at radius 1 is 1.04 bits per heavy atom. The van der Waals surface area contributed by atoms with Crippen LogP contribution in [0.3, 0.4) is 0 Å². The minimum Gasteiger partial charge on any atom is -0.493 e. The van der Waals surface area contributed by atoms with Crippen LogP contribution in [-0.2, 0) is 11.3 Å². The first-order valence-electron chi connectivity index (χ1n) is 7.95. The lowest BCUT2D eigenvalue weighted by Crippen LogP contribution is -2.34. The molecule has 126 valence electrons. The Kier molecular flexibility index (Phi) is 6.37. The first kappa shape index (κ1) is 17.5. The number of carbonyl (C=O) groups is 2. The molecule has 2 rings (SSSR count). The number of nitrogens with two attached hydrogens (primary N) is 1. The smallest absolute Gasteiger partial charge is 0.257 e. The van der Waals surface area contributed by atoms with E-state index in [1.807, 2.05) is 43.3 Å². The van der Waals surface area contributed by atoms with E-state index in [1.165, 1.54) is 0 Å². The molecule has 2 amide bonds. The lowest BCUT2D eigenvalue weighted by molar-refractivity contribution is -0.118. The second-order valence-electron chi connectivity index (χ2n) is 5.36. The number of carbonyl (C=O) groups excluding carboxylic acids is 2. The fourth-order valence-corrected chi connectivity index (χ4v) is 2.40. The molecule has 0 unspecified atom stereocenters. The highest BCUT2D eigenvalue weighted by Crippen LogP contribution is 2.21. The molecule has 0 saturated heterocycles. The summed E-state index contributed by atoms with van der Waals surface area (Å²) >= 11 is 0. The van der Waals surface area contributed by atoms with E-state index < -0.39 is 5.91 Å². The molecule has 0 heterocycles. The van der Waals surface area contributed by atoms with E-state index in [2.05, 4.69) is 0 Å². The molecule has 5 nitrogen and oxygen atoms in total. The van der Waals surface area contributed by atoms with Crippen molar-refractivity contribution in [2.24, 2.45) is 5.73 Å². The highest BCUT2D eigenvalue weighted by atomic mass is 16.5. The van der Waals surface area contributed by atoms with E-state index in [-0.39, 0.29) is 18.9 Å². The van der Waals surface area contributed by atoms with Crippen molar-refractivity contribution in [3.8, 4) is 5.75 Å². The van der Waals surface area contributed by atoms with Gasteiger partial charge in [-0.1, -0.05) is 42.5 Å². The SMILES string of the molecule is CCOc1ccccc1C(=O)N(CCC(N)=O)Cc1ccccc1. The Hall–Kier alpha value is -2.82. The Morgan fingerprint density at radius 3 is 2.38 bits per heavy atom. The van der Waals surface area contributed by atoms with Crippen molar-refractivity contribution in [3.63, 3.8) is 0 Å². The fourth-order valence-electron chi connectivity index (χ4n) is 2.40. The predicted molar refractivity (Wildman–Crippen MR) is 92.6 cm³/mol. The van der Waals surface area contributed by atoms with Crippen molar-refractivity contribution < 1.29 is 14.3 Å². The zero-order valence-corrected chi connectivity index (χ0v) is 13.8. The second-order valence-corrected chi connectivity index (χ2v) is 5.36. The first-order chi connectivity index (χ1) is 11.6. The van der Waals surface area contributed by atoms with Crippen LogP contribution in [0, 0.1) is 0 Å². The molecule has 0 aliphatic rings. The number of nitrogens with zero attached hydrogens (tertiary/aromatic N) is 1. The van der Waals surface area contributed by atoms with E-state index in [4.69, 9.17) is 10.5 Å². The summed E-state index contributed by atoms with van der Waals surface area (Å²) in [6, 6.07) is 16.8. The summed E-state index contributed by atoms with van der Waals surface area (Å²) in [7, 11) is 0. The molecule has 0 radical (unpaired) electrons. The molecule has 0 fully saturated rings. The van der Waals surface area contributed by atoms with Crippen molar-refractivity contribution in [1.82, 2.24) is 4.90 Å². The molecule has 0 spiro atoms. The molecule has 2 aromatic rings. The van der Waals surface area contributed by atoms with E-state index in [9.17, 15) is 9.59 Å². The number of benzene rings is 2. The van der Waals surface area contributed by atoms with Gasteiger partial charge in [0.25, 0.3) is 5.91 Å². The van der Waals surface area contributed by atoms with Gasteiger partial charge >= 0.3 is 0 Å². The Morgan fingerprint density at radius 2 is 1.71 bits per heavy atom. The summed E-state index contributed by atoms with van der Waals surface area (Å²) in [6.45, 7) is 3.03. The molecule has 2 N–H and O–H groups in total. The summed E-state index contributed by atoms with van der Waals surface area (Å²) in [4.78, 5) is 25.7. The van der Waals surface area contributed by atoms with Gasteiger partial charge in [0.2, 0.25) is 5.91 Å². The van der Waals surface area contributed by atoms with Crippen LogP contribution in [0.2, 0.25) is 0 Å². The van der Waals surface area contributed by atoms with Gasteiger partial charge in [0.15, 0.2) is 0 Å². The molecule has 5 heteroatoms. The van der Waals surface area contributed by atoms with Crippen molar-refractivity contribution in [2.45, 2.75) is 19.9 Å². The summed E-state index contributed by atoms with van der Waals surface area (Å²) in [6.07, 6.45) is 0.120. The number of ether oxygens (including phenoxy) is 1. The van der Waals surface area contributed by atoms with Gasteiger partial charge < -0.3 is 15.4 Å². The molecular weight excluding hydrogens is 304 g/mol. The molecule has 0 bridgehead atoms. The predicted octanol–water partition coefficient (Wildman–Crippen LogP) is 2.60. The number of hydrogen-bond donors (Lipinski definition) is 1. The van der Waals surface area contributed by atoms with Crippen LogP contribution in [-0.4, -0.2) is 29.9 Å². The number of amides is 2. The van der Waals surface area contributed by atoms with Crippen LogP contribution in [0.25, 0.3) is 0 Å². The largest absolute Gasteiger partial charge is 0.493 e. The normalized spacial score (nSPS) is 10.2. The van der Waals surface area contributed by atoms with Crippen molar-refractivity contribution in [2.75, 3.05) is 13.2 Å². The fraction of sp³-hybridized carbons (Fsp3) is 0.263. The molecule has 2 aromatic carbocycles. The van der Waals surface area contributed by atoms with Gasteiger partial charge in [-0.15, -0.1) is 0 Å². The maximum atomic E-state index is 13.0. The zero-order valence-electron chi connectivity index (χ0n) is 13.8. The number of hydrogen-bond acceptors (Lipinski definition) is 3. The van der Waals surface area contributed by atoms with Gasteiger partial charge in [-0.2, -0.15) is 0 Å². The summed E-state index contributed by atoms with van der Waals surface area (Å²) in [5.74, 6) is -0.0646. The minimum atomic E-state index is -0.432. The summed E-state index contributed by atoms with van der Waals surface area (Å²) in [5, 5.41) is 0. The van der Waals surface area contributed by atoms with Crippen LogP contribution in [0.4, 0.5) is 0 Å². The summed E-state index contributed by atoms with van der Waals surface area (Å²) < 4.78 is 5.54. The van der Waals surface area contributed by atoms with Gasteiger partial charge in [0.1, 0.15) is 5.75 Å². The molecule has 0 aliphatic heterocycles. The lowest BCUT2D eigenvalue weighted by Gasteiger charge is -2.23. The summed E-state index contributed by atoms with van der Waals surface area (Å²) in [5.41, 5.74) is 6.72. The van der Waals surface area contributed by atoms with Crippen molar-refractivity contribution >= 4 is 11.8 Å². The maximum Gasteiger partial charge on any atom is 0.257 e. The average molecular weight is 326 g/mol. The molecular formula is C19H22N2O3. The lowest BCUT2D eigenvalue weighted by atomic mass is 10.1. The molecule has 0 aliphatic carbocycles. The zero-order chi connectivity index (χ0) is 17.4. The number of rotatable bonds is 8. The van der Waals surface area contributed by atoms with E-state index >= 15 is 0 Å². The molecule has 0 atom stereocenters. The van der Waals surface area contributed by atoms with Crippen LogP contribution in [0.1, 0.15) is 29.3 Å². The molecule has 24 heavy (non-hydrogen) atoms. The maximum absolute atomic E-state index is 13.0. The highest BCUT2D eigenvalue weighted by Gasteiger charge is 2.20. The quantitative estimate of drug-likeness (QED) is 0.810. The van der Waals surface area contributed by atoms with Gasteiger partial charge in [0, 0.05) is 19.5 Å². The Balaban J connectivity index is 2.25. The van der Waals surface area contributed by atoms with Crippen LogP contribution in [0.5, 0.6) is 5.75 Å². The third-order valence-electron chi connectivity index (χ3n) is 3.55. The molecule has 0 aromatic heterocycles. The van der Waals surface area contributed by atoms with E-state index in [0.717, 1.165) is 5.56 Å². The van der Waals surface area contributed by atoms with E-state index in [1.54, 1.807) is 23.1 Å². The topological polar surface area (TPSA) is 72.6 Å². The van der Waals surface area contributed by atoms with Gasteiger partial charge in [-0.05, 0) is 24.6 Å². The van der Waals surface area contributed by atoms with Crippen molar-refractivity contribution in [3.05, 3.63) is 65.7 Å².